The number of ketones is 1. The van der Waals surface area contributed by atoms with Crippen molar-refractivity contribution in [3.63, 3.8) is 0 Å². The summed E-state index contributed by atoms with van der Waals surface area (Å²) in [5.74, 6) is -0.716. The van der Waals surface area contributed by atoms with Crippen LogP contribution in [0.5, 0.6) is 0 Å². The molecule has 0 aromatic heterocycles. The van der Waals surface area contributed by atoms with Crippen LogP contribution in [-0.2, 0) is 21.9 Å². The molecule has 1 aliphatic rings. The number of allylic oxidation sites excluding steroid dienone is 1. The van der Waals surface area contributed by atoms with E-state index < -0.39 is 47.3 Å². The van der Waals surface area contributed by atoms with Crippen LogP contribution in [-0.4, -0.2) is 18.4 Å². The predicted molar refractivity (Wildman–Crippen MR) is 145 cm³/mol. The van der Waals surface area contributed by atoms with Crippen molar-refractivity contribution in [1.29, 1.82) is 5.26 Å². The van der Waals surface area contributed by atoms with Crippen molar-refractivity contribution in [1.82, 2.24) is 5.32 Å². The number of urea groups is 1. The SMILES string of the molecule is CCOC1=C(C(NC(=O)Nc2cccc(C(F)(F)F)c2)c2ccc(C#N)cc2)C(=O)CC(c2ccc(C(F)(F)F)cc2)C1. The van der Waals surface area contributed by atoms with Crippen LogP contribution in [0.2, 0.25) is 0 Å². The Labute approximate surface area is 243 Å². The van der Waals surface area contributed by atoms with Gasteiger partial charge in [-0.2, -0.15) is 31.6 Å². The molecule has 2 atom stereocenters. The number of carbonyl (C=O) groups is 2. The van der Waals surface area contributed by atoms with Gasteiger partial charge in [-0.15, -0.1) is 0 Å². The molecular weight excluding hydrogens is 576 g/mol. The fourth-order valence-electron chi connectivity index (χ4n) is 4.85. The Bertz CT molecular complexity index is 1560. The van der Waals surface area contributed by atoms with Gasteiger partial charge in [-0.05, 0) is 66.4 Å². The van der Waals surface area contributed by atoms with Gasteiger partial charge in [-0.3, -0.25) is 4.79 Å². The van der Waals surface area contributed by atoms with E-state index in [1.165, 1.54) is 42.5 Å². The molecule has 0 saturated heterocycles. The lowest BCUT2D eigenvalue weighted by Gasteiger charge is -2.31. The van der Waals surface area contributed by atoms with E-state index in [1.54, 1.807) is 6.92 Å². The largest absolute Gasteiger partial charge is 0.498 e. The smallest absolute Gasteiger partial charge is 0.416 e. The third-order valence-corrected chi connectivity index (χ3v) is 6.88. The second kappa shape index (κ2) is 12.6. The van der Waals surface area contributed by atoms with Gasteiger partial charge < -0.3 is 15.4 Å². The monoisotopic (exact) mass is 601 g/mol. The zero-order chi connectivity index (χ0) is 31.4. The molecule has 0 aliphatic heterocycles. The van der Waals surface area contributed by atoms with Gasteiger partial charge in [-0.25, -0.2) is 4.79 Å². The van der Waals surface area contributed by atoms with Crippen molar-refractivity contribution < 1.29 is 40.7 Å². The van der Waals surface area contributed by atoms with Crippen LogP contribution in [0.4, 0.5) is 36.8 Å². The molecule has 12 heteroatoms. The molecule has 2 N–H and O–H groups in total. The summed E-state index contributed by atoms with van der Waals surface area (Å²) >= 11 is 0. The Morgan fingerprint density at radius 1 is 0.953 bits per heavy atom. The number of nitrogens with zero attached hydrogens (tertiary/aromatic N) is 1. The maximum atomic E-state index is 13.7. The molecule has 0 saturated carbocycles. The number of nitrogens with one attached hydrogen (secondary N) is 2. The zero-order valence-electron chi connectivity index (χ0n) is 22.6. The van der Waals surface area contributed by atoms with E-state index in [0.29, 0.717) is 16.7 Å². The Morgan fingerprint density at radius 2 is 1.60 bits per heavy atom. The van der Waals surface area contributed by atoms with Gasteiger partial charge in [0.25, 0.3) is 0 Å². The van der Waals surface area contributed by atoms with Gasteiger partial charge >= 0.3 is 18.4 Å². The first-order valence-corrected chi connectivity index (χ1v) is 13.1. The molecular formula is C31H25F6N3O3. The third-order valence-electron chi connectivity index (χ3n) is 6.88. The molecule has 0 bridgehead atoms. The number of nitriles is 1. The second-order valence-corrected chi connectivity index (χ2v) is 9.76. The third kappa shape index (κ3) is 7.54. The number of anilines is 1. The molecule has 6 nitrogen and oxygen atoms in total. The molecule has 0 spiro atoms. The van der Waals surface area contributed by atoms with Crippen LogP contribution in [0.15, 0.2) is 84.1 Å². The maximum absolute atomic E-state index is 13.7. The zero-order valence-corrected chi connectivity index (χ0v) is 22.6. The molecule has 2 unspecified atom stereocenters. The molecule has 0 radical (unpaired) electrons. The van der Waals surface area contributed by atoms with E-state index in [-0.39, 0.29) is 36.5 Å². The molecule has 3 aromatic carbocycles. The molecule has 2 amide bonds. The number of carbonyl (C=O) groups excluding carboxylic acids is 2. The maximum Gasteiger partial charge on any atom is 0.416 e. The number of alkyl halides is 6. The number of rotatable bonds is 7. The molecule has 43 heavy (non-hydrogen) atoms. The van der Waals surface area contributed by atoms with Gasteiger partial charge in [0, 0.05) is 18.5 Å². The topological polar surface area (TPSA) is 91.2 Å². The van der Waals surface area contributed by atoms with E-state index in [0.717, 1.165) is 30.3 Å². The minimum absolute atomic E-state index is 0.0916. The van der Waals surface area contributed by atoms with Gasteiger partial charge in [0.15, 0.2) is 5.78 Å². The van der Waals surface area contributed by atoms with E-state index in [4.69, 9.17) is 4.74 Å². The highest BCUT2D eigenvalue weighted by Gasteiger charge is 2.37. The number of hydrogen-bond donors (Lipinski definition) is 2. The number of halogens is 6. The summed E-state index contributed by atoms with van der Waals surface area (Å²) in [4.78, 5) is 26.7. The van der Waals surface area contributed by atoms with Gasteiger partial charge in [0.05, 0.1) is 41.0 Å². The lowest BCUT2D eigenvalue weighted by molar-refractivity contribution is -0.138. The highest BCUT2D eigenvalue weighted by molar-refractivity contribution is 6.00. The molecule has 0 heterocycles. The van der Waals surface area contributed by atoms with E-state index in [9.17, 15) is 41.2 Å². The molecule has 1 aliphatic carbocycles. The summed E-state index contributed by atoms with van der Waals surface area (Å²) in [6, 6.07) is 14.5. The average molecular weight is 602 g/mol. The van der Waals surface area contributed by atoms with Crippen LogP contribution >= 0.6 is 0 Å². The highest BCUT2D eigenvalue weighted by atomic mass is 19.4. The van der Waals surface area contributed by atoms with Gasteiger partial charge in [0.2, 0.25) is 0 Å². The summed E-state index contributed by atoms with van der Waals surface area (Å²) in [5, 5.41) is 14.2. The summed E-state index contributed by atoms with van der Waals surface area (Å²) in [5.41, 5.74) is -0.624. The minimum atomic E-state index is -4.63. The van der Waals surface area contributed by atoms with Crippen molar-refractivity contribution in [2.24, 2.45) is 0 Å². The quantitative estimate of drug-likeness (QED) is 0.270. The lowest BCUT2D eigenvalue weighted by Crippen LogP contribution is -2.37. The Balaban J connectivity index is 1.69. The van der Waals surface area contributed by atoms with Crippen LogP contribution in [0.1, 0.15) is 59.5 Å². The summed E-state index contributed by atoms with van der Waals surface area (Å²) in [6.07, 6.45) is -9.10. The first-order valence-electron chi connectivity index (χ1n) is 13.1. The Hall–Kier alpha value is -4.79. The summed E-state index contributed by atoms with van der Waals surface area (Å²) in [7, 11) is 0. The van der Waals surface area contributed by atoms with E-state index >= 15 is 0 Å². The molecule has 3 aromatic rings. The van der Waals surface area contributed by atoms with Crippen molar-refractivity contribution in [2.45, 2.75) is 44.1 Å². The van der Waals surface area contributed by atoms with Crippen LogP contribution in [0.25, 0.3) is 0 Å². The Morgan fingerprint density at radius 3 is 2.19 bits per heavy atom. The van der Waals surface area contributed by atoms with E-state index in [2.05, 4.69) is 10.6 Å². The van der Waals surface area contributed by atoms with Crippen molar-refractivity contribution in [3.05, 3.63) is 112 Å². The highest BCUT2D eigenvalue weighted by Crippen LogP contribution is 2.41. The number of hydrogen-bond acceptors (Lipinski definition) is 4. The van der Waals surface area contributed by atoms with Gasteiger partial charge in [-0.1, -0.05) is 30.3 Å². The minimum Gasteiger partial charge on any atom is -0.498 e. The average Bonchev–Trinajstić information content (AvgIpc) is 2.96. The van der Waals surface area contributed by atoms with Crippen LogP contribution < -0.4 is 10.6 Å². The van der Waals surface area contributed by atoms with Crippen molar-refractivity contribution >= 4 is 17.5 Å². The van der Waals surface area contributed by atoms with E-state index in [1.807, 2.05) is 6.07 Å². The normalized spacial score (nSPS) is 16.3. The number of amides is 2. The summed E-state index contributed by atoms with van der Waals surface area (Å²) in [6.45, 7) is 1.82. The van der Waals surface area contributed by atoms with Gasteiger partial charge in [0.1, 0.15) is 5.76 Å². The standard InChI is InChI=1S/C31H25F6N3O3/c1-2-43-26-15-21(19-10-12-22(13-11-19)30(32,33)34)14-25(41)27(26)28(20-8-6-18(17-38)7-9-20)40-29(42)39-24-5-3-4-23(16-24)31(35,36)37/h3-13,16,21,28H,2,14-15H2,1H3,(H2,39,40,42). The number of ether oxygens (including phenoxy) is 1. The molecule has 4 rings (SSSR count). The number of Topliss-reactive ketones (excluding diaryl/α,β-unsaturated/α-hetero) is 1. The van der Waals surface area contributed by atoms with Crippen LogP contribution in [0.3, 0.4) is 0 Å². The van der Waals surface area contributed by atoms with Crippen molar-refractivity contribution in [3.8, 4) is 6.07 Å². The fraction of sp³-hybridized carbons (Fsp3) is 0.258. The Kier molecular flexibility index (Phi) is 9.13. The van der Waals surface area contributed by atoms with Crippen LogP contribution in [0, 0.1) is 11.3 Å². The lowest BCUT2D eigenvalue weighted by atomic mass is 9.79. The first kappa shape index (κ1) is 31.2. The predicted octanol–water partition coefficient (Wildman–Crippen LogP) is 7.90. The summed E-state index contributed by atoms with van der Waals surface area (Å²) < 4.78 is 84.5. The molecule has 224 valence electrons. The van der Waals surface area contributed by atoms with Crippen molar-refractivity contribution in [2.75, 3.05) is 11.9 Å². The number of benzene rings is 3. The second-order valence-electron chi connectivity index (χ2n) is 9.76. The molecule has 0 fully saturated rings. The fourth-order valence-corrected chi connectivity index (χ4v) is 4.85. The first-order chi connectivity index (χ1) is 20.3.